The molecule has 0 aromatic heterocycles. The van der Waals surface area contributed by atoms with Crippen LogP contribution in [0, 0.1) is 0 Å². The number of nitrogens with zero attached hydrogens (tertiary/aromatic N) is 1. The Morgan fingerprint density at radius 3 is 2.33 bits per heavy atom. The SMILES string of the molecule is OC1CC2CCC(C1)N2CCBr. The minimum Gasteiger partial charge on any atom is -0.393 e. The molecule has 1 N–H and O–H groups in total. The second-order valence-electron chi connectivity index (χ2n) is 3.94. The molecule has 70 valence electrons. The van der Waals surface area contributed by atoms with Crippen molar-refractivity contribution in [3.05, 3.63) is 0 Å². The molecule has 2 aliphatic heterocycles. The van der Waals surface area contributed by atoms with Gasteiger partial charge in [0.05, 0.1) is 6.10 Å². The van der Waals surface area contributed by atoms with E-state index in [1.807, 2.05) is 0 Å². The van der Waals surface area contributed by atoms with E-state index < -0.39 is 0 Å². The molecule has 2 atom stereocenters. The fourth-order valence-electron chi connectivity index (χ4n) is 2.71. The number of aliphatic hydroxyl groups excluding tert-OH is 1. The highest BCUT2D eigenvalue weighted by Gasteiger charge is 2.39. The molecule has 2 heterocycles. The summed E-state index contributed by atoms with van der Waals surface area (Å²) >= 11 is 3.48. The Morgan fingerprint density at radius 1 is 1.25 bits per heavy atom. The third-order valence-corrected chi connectivity index (χ3v) is 3.56. The van der Waals surface area contributed by atoms with E-state index in [1.54, 1.807) is 0 Å². The molecule has 0 spiro atoms. The summed E-state index contributed by atoms with van der Waals surface area (Å²) in [7, 11) is 0. The Labute approximate surface area is 82.1 Å². The topological polar surface area (TPSA) is 23.5 Å². The Bertz CT molecular complexity index is 151. The Morgan fingerprint density at radius 2 is 1.83 bits per heavy atom. The number of halogens is 1. The molecule has 2 bridgehead atoms. The molecule has 2 aliphatic rings. The predicted molar refractivity (Wildman–Crippen MR) is 52.6 cm³/mol. The maximum atomic E-state index is 9.54. The summed E-state index contributed by atoms with van der Waals surface area (Å²) in [4.78, 5) is 2.57. The van der Waals surface area contributed by atoms with E-state index in [0.717, 1.165) is 24.7 Å². The average Bonchev–Trinajstić information content (AvgIpc) is 2.32. The van der Waals surface area contributed by atoms with Gasteiger partial charge in [0.1, 0.15) is 0 Å². The van der Waals surface area contributed by atoms with Crippen molar-refractivity contribution in [1.82, 2.24) is 4.90 Å². The number of aliphatic hydroxyl groups is 1. The molecule has 0 aliphatic carbocycles. The average molecular weight is 234 g/mol. The molecule has 2 unspecified atom stereocenters. The summed E-state index contributed by atoms with van der Waals surface area (Å²) in [6.07, 6.45) is 4.59. The zero-order valence-electron chi connectivity index (χ0n) is 7.25. The fraction of sp³-hybridized carbons (Fsp3) is 1.00. The monoisotopic (exact) mass is 233 g/mol. The molecule has 2 rings (SSSR count). The van der Waals surface area contributed by atoms with Crippen LogP contribution in [0.4, 0.5) is 0 Å². The van der Waals surface area contributed by atoms with Crippen molar-refractivity contribution in [2.24, 2.45) is 0 Å². The molecule has 2 nitrogen and oxygen atoms in total. The van der Waals surface area contributed by atoms with Crippen LogP contribution >= 0.6 is 15.9 Å². The van der Waals surface area contributed by atoms with Crippen molar-refractivity contribution in [2.45, 2.75) is 43.9 Å². The van der Waals surface area contributed by atoms with Gasteiger partial charge in [0, 0.05) is 24.0 Å². The molecule has 2 saturated heterocycles. The quantitative estimate of drug-likeness (QED) is 0.729. The first-order chi connectivity index (χ1) is 5.81. The molecule has 2 fully saturated rings. The number of piperidine rings is 1. The van der Waals surface area contributed by atoms with Gasteiger partial charge in [0.15, 0.2) is 0 Å². The Kier molecular flexibility index (Phi) is 2.72. The van der Waals surface area contributed by atoms with Gasteiger partial charge < -0.3 is 5.11 Å². The van der Waals surface area contributed by atoms with Gasteiger partial charge in [0.25, 0.3) is 0 Å². The summed E-state index contributed by atoms with van der Waals surface area (Å²) in [5, 5.41) is 10.6. The van der Waals surface area contributed by atoms with Crippen LogP contribution < -0.4 is 0 Å². The van der Waals surface area contributed by atoms with Crippen LogP contribution in [0.2, 0.25) is 0 Å². The van der Waals surface area contributed by atoms with E-state index in [9.17, 15) is 5.11 Å². The van der Waals surface area contributed by atoms with Crippen LogP contribution in [0.25, 0.3) is 0 Å². The van der Waals surface area contributed by atoms with Gasteiger partial charge in [-0.3, -0.25) is 4.90 Å². The highest BCUT2D eigenvalue weighted by molar-refractivity contribution is 9.09. The number of alkyl halides is 1. The van der Waals surface area contributed by atoms with Gasteiger partial charge in [-0.1, -0.05) is 15.9 Å². The molecule has 12 heavy (non-hydrogen) atoms. The first-order valence-electron chi connectivity index (χ1n) is 4.81. The summed E-state index contributed by atoms with van der Waals surface area (Å²) in [6.45, 7) is 1.15. The van der Waals surface area contributed by atoms with Crippen LogP contribution in [-0.2, 0) is 0 Å². The third kappa shape index (κ3) is 1.54. The van der Waals surface area contributed by atoms with Gasteiger partial charge in [-0.15, -0.1) is 0 Å². The lowest BCUT2D eigenvalue weighted by molar-refractivity contribution is 0.0394. The van der Waals surface area contributed by atoms with Crippen LogP contribution in [0.3, 0.4) is 0 Å². The second-order valence-corrected chi connectivity index (χ2v) is 4.73. The van der Waals surface area contributed by atoms with Crippen molar-refractivity contribution >= 4 is 15.9 Å². The zero-order chi connectivity index (χ0) is 8.55. The minimum absolute atomic E-state index is 0.0194. The highest BCUT2D eigenvalue weighted by atomic mass is 79.9. The zero-order valence-corrected chi connectivity index (χ0v) is 8.83. The van der Waals surface area contributed by atoms with Gasteiger partial charge >= 0.3 is 0 Å². The number of rotatable bonds is 2. The summed E-state index contributed by atoms with van der Waals surface area (Å²) in [6, 6.07) is 1.35. The summed E-state index contributed by atoms with van der Waals surface area (Å²) < 4.78 is 0. The molecule has 0 saturated carbocycles. The highest BCUT2D eigenvalue weighted by Crippen LogP contribution is 2.35. The van der Waals surface area contributed by atoms with Gasteiger partial charge in [-0.25, -0.2) is 0 Å². The van der Waals surface area contributed by atoms with Gasteiger partial charge in [0.2, 0.25) is 0 Å². The molecular formula is C9H16BrNO. The number of hydrogen-bond donors (Lipinski definition) is 1. The maximum Gasteiger partial charge on any atom is 0.0570 e. The van der Waals surface area contributed by atoms with E-state index in [4.69, 9.17) is 0 Å². The third-order valence-electron chi connectivity index (χ3n) is 3.20. The van der Waals surface area contributed by atoms with E-state index in [2.05, 4.69) is 20.8 Å². The smallest absolute Gasteiger partial charge is 0.0570 e. The first-order valence-corrected chi connectivity index (χ1v) is 5.93. The molecule has 0 radical (unpaired) electrons. The van der Waals surface area contributed by atoms with Crippen molar-refractivity contribution in [1.29, 1.82) is 0 Å². The minimum atomic E-state index is -0.0194. The van der Waals surface area contributed by atoms with E-state index in [1.165, 1.54) is 12.8 Å². The largest absolute Gasteiger partial charge is 0.393 e. The fourth-order valence-corrected chi connectivity index (χ4v) is 3.12. The standard InChI is InChI=1S/C9H16BrNO/c10-3-4-11-7-1-2-8(11)6-9(12)5-7/h7-9,12H,1-6H2. The predicted octanol–water partition coefficient (Wildman–Crippen LogP) is 1.37. The van der Waals surface area contributed by atoms with Crippen LogP contribution in [-0.4, -0.2) is 40.1 Å². The van der Waals surface area contributed by atoms with E-state index in [-0.39, 0.29) is 6.10 Å². The van der Waals surface area contributed by atoms with E-state index >= 15 is 0 Å². The maximum absolute atomic E-state index is 9.54. The van der Waals surface area contributed by atoms with Crippen LogP contribution in [0.15, 0.2) is 0 Å². The van der Waals surface area contributed by atoms with Crippen molar-refractivity contribution in [3.63, 3.8) is 0 Å². The molecule has 3 heteroatoms. The van der Waals surface area contributed by atoms with E-state index in [0.29, 0.717) is 12.1 Å². The van der Waals surface area contributed by atoms with Crippen molar-refractivity contribution in [2.75, 3.05) is 11.9 Å². The lowest BCUT2D eigenvalue weighted by Gasteiger charge is -2.36. The van der Waals surface area contributed by atoms with Crippen LogP contribution in [0.5, 0.6) is 0 Å². The van der Waals surface area contributed by atoms with Gasteiger partial charge in [-0.2, -0.15) is 0 Å². The summed E-state index contributed by atoms with van der Waals surface area (Å²) in [5.74, 6) is 0. The van der Waals surface area contributed by atoms with Gasteiger partial charge in [-0.05, 0) is 25.7 Å². The second kappa shape index (κ2) is 3.64. The Hall–Kier alpha value is 0.400. The van der Waals surface area contributed by atoms with Crippen molar-refractivity contribution < 1.29 is 5.11 Å². The molecular weight excluding hydrogens is 218 g/mol. The number of hydrogen-bond acceptors (Lipinski definition) is 2. The lowest BCUT2D eigenvalue weighted by Crippen LogP contribution is -2.45. The summed E-state index contributed by atoms with van der Waals surface area (Å²) in [5.41, 5.74) is 0. The molecule has 0 aromatic rings. The molecule has 0 amide bonds. The van der Waals surface area contributed by atoms with Crippen LogP contribution in [0.1, 0.15) is 25.7 Å². The normalized spacial score (nSPS) is 42.0. The Balaban J connectivity index is 1.99. The molecule has 0 aromatic carbocycles. The van der Waals surface area contributed by atoms with Crippen molar-refractivity contribution in [3.8, 4) is 0 Å². The number of fused-ring (bicyclic) bond motifs is 2. The lowest BCUT2D eigenvalue weighted by atomic mass is 10.0. The first kappa shape index (κ1) is 8.97.